The minimum Gasteiger partial charge on any atom is -0.352 e. The molecule has 1 aliphatic heterocycles. The molecule has 0 bridgehead atoms. The van der Waals surface area contributed by atoms with Gasteiger partial charge in [0.15, 0.2) is 0 Å². The molecule has 8 nitrogen and oxygen atoms in total. The number of hydrogen-bond donors (Lipinski definition) is 1. The van der Waals surface area contributed by atoms with Crippen molar-refractivity contribution < 1.29 is 9.72 Å². The highest BCUT2D eigenvalue weighted by molar-refractivity contribution is 5.79. The first-order valence-corrected chi connectivity index (χ1v) is 8.17. The zero-order chi connectivity index (χ0) is 17.6. The van der Waals surface area contributed by atoms with Gasteiger partial charge in [-0.15, -0.1) is 0 Å². The Kier molecular flexibility index (Phi) is 5.17. The van der Waals surface area contributed by atoms with E-state index in [1.165, 1.54) is 6.07 Å². The van der Waals surface area contributed by atoms with E-state index in [1.54, 1.807) is 36.7 Å². The third kappa shape index (κ3) is 4.09. The first kappa shape index (κ1) is 16.8. The van der Waals surface area contributed by atoms with Gasteiger partial charge in [-0.1, -0.05) is 18.2 Å². The average Bonchev–Trinajstić information content (AvgIpc) is 2.67. The van der Waals surface area contributed by atoms with Crippen LogP contribution in [0.5, 0.6) is 0 Å². The molecule has 1 aromatic carbocycles. The van der Waals surface area contributed by atoms with E-state index in [-0.39, 0.29) is 24.1 Å². The summed E-state index contributed by atoms with van der Waals surface area (Å²) in [5.41, 5.74) is 0.537. The van der Waals surface area contributed by atoms with Crippen LogP contribution in [-0.2, 0) is 11.3 Å². The van der Waals surface area contributed by atoms with Gasteiger partial charge in [-0.05, 0) is 18.9 Å². The summed E-state index contributed by atoms with van der Waals surface area (Å²) in [7, 11) is 0. The molecule has 1 saturated heterocycles. The van der Waals surface area contributed by atoms with E-state index in [4.69, 9.17) is 0 Å². The second-order valence-corrected chi connectivity index (χ2v) is 5.91. The highest BCUT2D eigenvalue weighted by Crippen LogP contribution is 2.21. The largest absolute Gasteiger partial charge is 0.352 e. The Morgan fingerprint density at radius 2 is 1.88 bits per heavy atom. The van der Waals surface area contributed by atoms with Crippen molar-refractivity contribution in [2.45, 2.75) is 19.4 Å². The number of benzene rings is 1. The fourth-order valence-electron chi connectivity index (χ4n) is 2.96. The van der Waals surface area contributed by atoms with Gasteiger partial charge >= 0.3 is 0 Å². The van der Waals surface area contributed by atoms with Crippen LogP contribution in [0.25, 0.3) is 0 Å². The van der Waals surface area contributed by atoms with Gasteiger partial charge in [-0.3, -0.25) is 14.9 Å². The number of carbonyl (C=O) groups is 1. The minimum absolute atomic E-state index is 0.0267. The smallest absolute Gasteiger partial charge is 0.274 e. The first-order chi connectivity index (χ1) is 12.1. The number of rotatable bonds is 5. The summed E-state index contributed by atoms with van der Waals surface area (Å²) in [6.45, 7) is 1.60. The molecule has 0 unspecified atom stereocenters. The molecule has 0 atom stereocenters. The molecule has 1 amide bonds. The van der Waals surface area contributed by atoms with Crippen LogP contribution in [0.2, 0.25) is 0 Å². The molecule has 1 aromatic heterocycles. The van der Waals surface area contributed by atoms with Crippen molar-refractivity contribution in [3.63, 3.8) is 0 Å². The number of amides is 1. The molecule has 1 fully saturated rings. The van der Waals surface area contributed by atoms with Crippen molar-refractivity contribution in [1.29, 1.82) is 0 Å². The SMILES string of the molecule is O=C(NCc1ccccc1[N+](=O)[O-])C1CCN(c2ncccn2)CC1. The van der Waals surface area contributed by atoms with E-state index in [0.717, 1.165) is 0 Å². The molecule has 1 N–H and O–H groups in total. The average molecular weight is 341 g/mol. The minimum atomic E-state index is -0.431. The Hall–Kier alpha value is -3.03. The Labute approximate surface area is 145 Å². The molecule has 0 radical (unpaired) electrons. The van der Waals surface area contributed by atoms with E-state index in [1.807, 2.05) is 0 Å². The van der Waals surface area contributed by atoms with Gasteiger partial charge in [0.25, 0.3) is 5.69 Å². The number of nitrogens with one attached hydrogen (secondary N) is 1. The molecule has 130 valence electrons. The number of nitro groups is 1. The third-order valence-corrected chi connectivity index (χ3v) is 4.34. The highest BCUT2D eigenvalue weighted by atomic mass is 16.6. The fourth-order valence-corrected chi connectivity index (χ4v) is 2.96. The number of hydrogen-bond acceptors (Lipinski definition) is 6. The van der Waals surface area contributed by atoms with Crippen LogP contribution < -0.4 is 10.2 Å². The number of nitrogens with zero attached hydrogens (tertiary/aromatic N) is 4. The van der Waals surface area contributed by atoms with Crippen LogP contribution in [0.15, 0.2) is 42.7 Å². The van der Waals surface area contributed by atoms with E-state index in [2.05, 4.69) is 20.2 Å². The van der Waals surface area contributed by atoms with Crippen molar-refractivity contribution in [3.8, 4) is 0 Å². The Morgan fingerprint density at radius 3 is 2.56 bits per heavy atom. The van der Waals surface area contributed by atoms with Crippen molar-refractivity contribution in [2.75, 3.05) is 18.0 Å². The normalized spacial score (nSPS) is 15.0. The molecular weight excluding hydrogens is 322 g/mol. The second kappa shape index (κ2) is 7.69. The Morgan fingerprint density at radius 1 is 1.20 bits per heavy atom. The molecule has 0 saturated carbocycles. The van der Waals surface area contributed by atoms with E-state index < -0.39 is 4.92 Å². The topological polar surface area (TPSA) is 101 Å². The van der Waals surface area contributed by atoms with Gasteiger partial charge in [-0.25, -0.2) is 9.97 Å². The molecule has 25 heavy (non-hydrogen) atoms. The molecule has 2 aromatic rings. The van der Waals surface area contributed by atoms with Gasteiger partial charge in [0.1, 0.15) is 0 Å². The predicted molar refractivity (Wildman–Crippen MR) is 91.9 cm³/mol. The van der Waals surface area contributed by atoms with Crippen LogP contribution in [-0.4, -0.2) is 33.9 Å². The molecule has 1 aliphatic rings. The zero-order valence-corrected chi connectivity index (χ0v) is 13.7. The predicted octanol–water partition coefficient (Wildman–Crippen LogP) is 1.92. The van der Waals surface area contributed by atoms with E-state index in [9.17, 15) is 14.9 Å². The van der Waals surface area contributed by atoms with Crippen LogP contribution in [0.1, 0.15) is 18.4 Å². The second-order valence-electron chi connectivity index (χ2n) is 5.91. The van der Waals surface area contributed by atoms with Crippen LogP contribution in [0, 0.1) is 16.0 Å². The number of piperidine rings is 1. The quantitative estimate of drug-likeness (QED) is 0.658. The van der Waals surface area contributed by atoms with Crippen molar-refractivity contribution in [3.05, 3.63) is 58.4 Å². The fraction of sp³-hybridized carbons (Fsp3) is 0.353. The molecule has 2 heterocycles. The lowest BCUT2D eigenvalue weighted by Crippen LogP contribution is -2.41. The third-order valence-electron chi connectivity index (χ3n) is 4.34. The summed E-state index contributed by atoms with van der Waals surface area (Å²) in [6.07, 6.45) is 4.82. The molecule has 8 heteroatoms. The van der Waals surface area contributed by atoms with Gasteiger partial charge in [0.05, 0.1) is 4.92 Å². The number of aromatic nitrogens is 2. The zero-order valence-electron chi connectivity index (χ0n) is 13.7. The summed E-state index contributed by atoms with van der Waals surface area (Å²) in [6, 6.07) is 8.22. The van der Waals surface area contributed by atoms with Crippen LogP contribution in [0.4, 0.5) is 11.6 Å². The monoisotopic (exact) mass is 341 g/mol. The molecule has 3 rings (SSSR count). The van der Waals surface area contributed by atoms with Gasteiger partial charge in [0.2, 0.25) is 11.9 Å². The first-order valence-electron chi connectivity index (χ1n) is 8.17. The summed E-state index contributed by atoms with van der Waals surface area (Å²) in [5, 5.41) is 13.8. The summed E-state index contributed by atoms with van der Waals surface area (Å²) in [4.78, 5) is 33.5. The lowest BCUT2D eigenvalue weighted by Gasteiger charge is -2.31. The summed E-state index contributed by atoms with van der Waals surface area (Å²) < 4.78 is 0. The molecule has 0 spiro atoms. The van der Waals surface area contributed by atoms with Gasteiger partial charge in [0, 0.05) is 49.6 Å². The maximum Gasteiger partial charge on any atom is 0.274 e. The van der Waals surface area contributed by atoms with Crippen molar-refractivity contribution in [1.82, 2.24) is 15.3 Å². The van der Waals surface area contributed by atoms with Crippen LogP contribution >= 0.6 is 0 Å². The molecule has 0 aliphatic carbocycles. The van der Waals surface area contributed by atoms with Gasteiger partial charge < -0.3 is 10.2 Å². The van der Waals surface area contributed by atoms with Crippen LogP contribution in [0.3, 0.4) is 0 Å². The summed E-state index contributed by atoms with van der Waals surface area (Å²) >= 11 is 0. The number of anilines is 1. The van der Waals surface area contributed by atoms with E-state index >= 15 is 0 Å². The maximum atomic E-state index is 12.4. The Bertz CT molecular complexity index is 745. The summed E-state index contributed by atoms with van der Waals surface area (Å²) in [5.74, 6) is 0.524. The van der Waals surface area contributed by atoms with Crippen molar-refractivity contribution in [2.24, 2.45) is 5.92 Å². The molecular formula is C17H19N5O3. The highest BCUT2D eigenvalue weighted by Gasteiger charge is 2.26. The maximum absolute atomic E-state index is 12.4. The number of nitro benzene ring substituents is 1. The van der Waals surface area contributed by atoms with Gasteiger partial charge in [-0.2, -0.15) is 0 Å². The lowest BCUT2D eigenvalue weighted by atomic mass is 9.96. The number of carbonyl (C=O) groups excluding carboxylic acids is 1. The van der Waals surface area contributed by atoms with E-state index in [0.29, 0.717) is 37.4 Å². The standard InChI is InChI=1S/C17H19N5O3/c23-16(20-12-14-4-1-2-5-15(14)22(24)25)13-6-10-21(11-7-13)17-18-8-3-9-19-17/h1-5,8-9,13H,6-7,10-12H2,(H,20,23). The lowest BCUT2D eigenvalue weighted by molar-refractivity contribution is -0.385. The Balaban J connectivity index is 1.53. The van der Waals surface area contributed by atoms with Crippen molar-refractivity contribution >= 4 is 17.5 Å². The number of para-hydroxylation sites is 1.